The van der Waals surface area contributed by atoms with Gasteiger partial charge in [0.05, 0.1) is 7.11 Å². The second-order valence-corrected chi connectivity index (χ2v) is 5.35. The monoisotopic (exact) mass is 297 g/mol. The number of carbonyl (C=O) groups excluding carboxylic acids is 1. The predicted molar refractivity (Wildman–Crippen MR) is 69.4 cm³/mol. The van der Waals surface area contributed by atoms with Crippen molar-refractivity contribution in [3.05, 3.63) is 34.3 Å². The maximum absolute atomic E-state index is 11.8. The quantitative estimate of drug-likeness (QED) is 0.803. The van der Waals surface area contributed by atoms with Crippen molar-refractivity contribution in [1.82, 2.24) is 5.06 Å². The fraction of sp³-hybridized carbons (Fsp3) is 0.462. The summed E-state index contributed by atoms with van der Waals surface area (Å²) in [4.78, 5) is 16.7. The van der Waals surface area contributed by atoms with Crippen LogP contribution < -0.4 is 0 Å². The molecule has 1 aliphatic carbocycles. The first-order valence-corrected chi connectivity index (χ1v) is 6.48. The molecule has 0 spiro atoms. The van der Waals surface area contributed by atoms with Gasteiger partial charge in [0, 0.05) is 17.4 Å². The number of carbonyl (C=O) groups is 1. The highest BCUT2D eigenvalue weighted by Gasteiger charge is 2.36. The average molecular weight is 298 g/mol. The Hall–Kier alpha value is -0.870. The fourth-order valence-corrected chi connectivity index (χ4v) is 2.44. The van der Waals surface area contributed by atoms with Gasteiger partial charge in [-0.2, -0.15) is 0 Å². The predicted octanol–water partition coefficient (Wildman–Crippen LogP) is 2.96. The number of amides is 1. The zero-order valence-electron chi connectivity index (χ0n) is 10.0. The molecule has 1 aromatic carbocycles. The number of hydrogen-bond donors (Lipinski definition) is 0. The van der Waals surface area contributed by atoms with E-state index in [1.807, 2.05) is 12.1 Å². The van der Waals surface area contributed by atoms with Crippen molar-refractivity contribution in [2.45, 2.75) is 18.8 Å². The van der Waals surface area contributed by atoms with Gasteiger partial charge in [0.25, 0.3) is 0 Å². The summed E-state index contributed by atoms with van der Waals surface area (Å²) in [5, 5.41) is 1.32. The van der Waals surface area contributed by atoms with Gasteiger partial charge in [-0.15, -0.1) is 0 Å². The van der Waals surface area contributed by atoms with E-state index < -0.39 is 0 Å². The number of hydrogen-bond acceptors (Lipinski definition) is 2. The molecule has 1 aromatic rings. The van der Waals surface area contributed by atoms with Gasteiger partial charge in [-0.3, -0.25) is 9.63 Å². The van der Waals surface area contributed by atoms with E-state index in [4.69, 9.17) is 4.84 Å². The lowest BCUT2D eigenvalue weighted by Crippen LogP contribution is -2.38. The van der Waals surface area contributed by atoms with Gasteiger partial charge in [0.15, 0.2) is 0 Å². The molecule has 0 unspecified atom stereocenters. The van der Waals surface area contributed by atoms with E-state index in [0.717, 1.165) is 17.3 Å². The van der Waals surface area contributed by atoms with Gasteiger partial charge in [0.2, 0.25) is 5.91 Å². The van der Waals surface area contributed by atoms with Crippen molar-refractivity contribution in [2.75, 3.05) is 14.2 Å². The lowest BCUT2D eigenvalue weighted by atomic mass is 9.71. The van der Waals surface area contributed by atoms with Gasteiger partial charge >= 0.3 is 0 Å². The average Bonchev–Trinajstić information content (AvgIpc) is 2.28. The van der Waals surface area contributed by atoms with Gasteiger partial charge in [-0.05, 0) is 36.5 Å². The minimum absolute atomic E-state index is 0.0841. The van der Waals surface area contributed by atoms with Crippen LogP contribution in [0.2, 0.25) is 0 Å². The third-order valence-corrected chi connectivity index (χ3v) is 3.94. The number of nitrogens with zero attached hydrogens (tertiary/aromatic N) is 1. The number of rotatable bonds is 3. The molecule has 3 nitrogen and oxygen atoms in total. The van der Waals surface area contributed by atoms with Crippen LogP contribution in [0.3, 0.4) is 0 Å². The normalized spacial score (nSPS) is 23.0. The molecule has 0 atom stereocenters. The lowest BCUT2D eigenvalue weighted by Gasteiger charge is -2.36. The molecule has 1 fully saturated rings. The van der Waals surface area contributed by atoms with Crippen LogP contribution in [0.25, 0.3) is 0 Å². The molecule has 0 radical (unpaired) electrons. The molecule has 2 rings (SSSR count). The molecule has 0 N–H and O–H groups in total. The topological polar surface area (TPSA) is 29.5 Å². The molecule has 0 bridgehead atoms. The minimum Gasteiger partial charge on any atom is -0.275 e. The van der Waals surface area contributed by atoms with E-state index in [2.05, 4.69) is 28.1 Å². The molecule has 0 aliphatic heterocycles. The zero-order chi connectivity index (χ0) is 12.4. The lowest BCUT2D eigenvalue weighted by molar-refractivity contribution is -0.176. The third-order valence-electron chi connectivity index (χ3n) is 3.41. The van der Waals surface area contributed by atoms with Crippen molar-refractivity contribution in [3.8, 4) is 0 Å². The fourth-order valence-electron chi connectivity index (χ4n) is 2.17. The van der Waals surface area contributed by atoms with Crippen LogP contribution in [0.15, 0.2) is 28.7 Å². The van der Waals surface area contributed by atoms with E-state index in [1.165, 1.54) is 17.7 Å². The second kappa shape index (κ2) is 5.19. The molecule has 17 heavy (non-hydrogen) atoms. The summed E-state index contributed by atoms with van der Waals surface area (Å²) >= 11 is 3.42. The van der Waals surface area contributed by atoms with Crippen LogP contribution in [-0.4, -0.2) is 25.1 Å². The van der Waals surface area contributed by atoms with Gasteiger partial charge in [-0.25, -0.2) is 5.06 Å². The highest BCUT2D eigenvalue weighted by Crippen LogP contribution is 2.42. The molecule has 0 aromatic heterocycles. The van der Waals surface area contributed by atoms with E-state index in [9.17, 15) is 4.79 Å². The molecule has 4 heteroatoms. The molecular weight excluding hydrogens is 282 g/mol. The first-order valence-electron chi connectivity index (χ1n) is 5.69. The standard InChI is InChI=1S/C13H16BrNO2/c1-15(17-2)13(16)11-7-10(8-11)9-3-5-12(14)6-4-9/h3-6,10-11H,7-8H2,1-2H3. The summed E-state index contributed by atoms with van der Waals surface area (Å²) in [6.45, 7) is 0. The van der Waals surface area contributed by atoms with Crippen LogP contribution in [0.5, 0.6) is 0 Å². The summed E-state index contributed by atoms with van der Waals surface area (Å²) in [6.07, 6.45) is 1.85. The molecule has 1 amide bonds. The molecule has 92 valence electrons. The third kappa shape index (κ3) is 2.69. The van der Waals surface area contributed by atoms with Crippen molar-refractivity contribution in [3.63, 3.8) is 0 Å². The first kappa shape index (κ1) is 12.6. The van der Waals surface area contributed by atoms with Crippen molar-refractivity contribution < 1.29 is 9.63 Å². The summed E-state index contributed by atoms with van der Waals surface area (Å²) < 4.78 is 1.09. The smallest absolute Gasteiger partial charge is 0.248 e. The van der Waals surface area contributed by atoms with E-state index >= 15 is 0 Å². The Morgan fingerprint density at radius 1 is 1.35 bits per heavy atom. The molecule has 1 saturated carbocycles. The summed E-state index contributed by atoms with van der Waals surface area (Å²) in [7, 11) is 3.18. The van der Waals surface area contributed by atoms with Crippen LogP contribution in [-0.2, 0) is 9.63 Å². The van der Waals surface area contributed by atoms with E-state index in [0.29, 0.717) is 5.92 Å². The highest BCUT2D eigenvalue weighted by atomic mass is 79.9. The zero-order valence-corrected chi connectivity index (χ0v) is 11.6. The molecule has 0 saturated heterocycles. The number of benzene rings is 1. The van der Waals surface area contributed by atoms with Crippen LogP contribution in [0, 0.1) is 5.92 Å². The Morgan fingerprint density at radius 2 is 1.94 bits per heavy atom. The minimum atomic E-state index is 0.0841. The SMILES string of the molecule is CON(C)C(=O)C1CC(c2ccc(Br)cc2)C1. The summed E-state index contributed by atoms with van der Waals surface area (Å²) in [5.74, 6) is 0.719. The van der Waals surface area contributed by atoms with Crippen molar-refractivity contribution >= 4 is 21.8 Å². The maximum Gasteiger partial charge on any atom is 0.248 e. The second-order valence-electron chi connectivity index (χ2n) is 4.44. The van der Waals surface area contributed by atoms with E-state index in [1.54, 1.807) is 7.05 Å². The molecular formula is C13H16BrNO2. The largest absolute Gasteiger partial charge is 0.275 e. The van der Waals surface area contributed by atoms with Crippen molar-refractivity contribution in [2.24, 2.45) is 5.92 Å². The molecule has 1 aliphatic rings. The Bertz CT molecular complexity index is 398. The Balaban J connectivity index is 1.90. The van der Waals surface area contributed by atoms with Crippen LogP contribution in [0.4, 0.5) is 0 Å². The first-order chi connectivity index (χ1) is 8.11. The van der Waals surface area contributed by atoms with Gasteiger partial charge in [0.1, 0.15) is 0 Å². The van der Waals surface area contributed by atoms with Crippen LogP contribution >= 0.6 is 15.9 Å². The summed E-state index contributed by atoms with van der Waals surface area (Å²) in [5.41, 5.74) is 1.32. The molecule has 0 heterocycles. The Morgan fingerprint density at radius 3 is 2.47 bits per heavy atom. The Kier molecular flexibility index (Phi) is 3.84. The van der Waals surface area contributed by atoms with Gasteiger partial charge in [-0.1, -0.05) is 28.1 Å². The van der Waals surface area contributed by atoms with Gasteiger partial charge < -0.3 is 0 Å². The number of halogens is 1. The Labute approximate surface area is 110 Å². The van der Waals surface area contributed by atoms with Crippen molar-refractivity contribution in [1.29, 1.82) is 0 Å². The van der Waals surface area contributed by atoms with E-state index in [-0.39, 0.29) is 11.8 Å². The maximum atomic E-state index is 11.8. The highest BCUT2D eigenvalue weighted by molar-refractivity contribution is 9.10. The summed E-state index contributed by atoms with van der Waals surface area (Å²) in [6, 6.07) is 8.34. The number of hydroxylamine groups is 2. The van der Waals surface area contributed by atoms with Crippen LogP contribution in [0.1, 0.15) is 24.3 Å².